The minimum atomic E-state index is -0.954. The number of carboxylic acid groups (broad SMARTS) is 1. The summed E-state index contributed by atoms with van der Waals surface area (Å²) in [6.07, 6.45) is -0.169. The second-order valence-electron chi connectivity index (χ2n) is 4.74. The maximum absolute atomic E-state index is 12.5. The molecule has 21 heavy (non-hydrogen) atoms. The largest absolute Gasteiger partial charge is 1.00 e. The van der Waals surface area contributed by atoms with Crippen LogP contribution >= 0.6 is 0 Å². The molecule has 3 rings (SSSR count). The quantitative estimate of drug-likeness (QED) is 0.528. The van der Waals surface area contributed by atoms with Crippen LogP contribution in [-0.2, 0) is 11.2 Å². The van der Waals surface area contributed by atoms with E-state index in [1.165, 1.54) is 0 Å². The van der Waals surface area contributed by atoms with Crippen molar-refractivity contribution >= 4 is 27.9 Å². The van der Waals surface area contributed by atoms with Crippen LogP contribution in [0.4, 0.5) is 0 Å². The van der Waals surface area contributed by atoms with Crippen LogP contribution in [0.25, 0.3) is 21.9 Å². The number of aliphatic carboxylic acids is 1. The molecule has 1 heterocycles. The Labute approximate surface area is 142 Å². The fourth-order valence-electron chi connectivity index (χ4n) is 2.45. The van der Waals surface area contributed by atoms with Crippen molar-refractivity contribution < 1.29 is 43.9 Å². The first-order chi connectivity index (χ1) is 9.58. The first-order valence-electron chi connectivity index (χ1n) is 6.24. The SMILES string of the molecule is Cc1cccc2oc3c(CC(=O)O)cccc3c(=O)c12.[Na+]. The molecule has 0 atom stereocenters. The monoisotopic (exact) mass is 291 g/mol. The summed E-state index contributed by atoms with van der Waals surface area (Å²) in [6.45, 7) is 1.85. The Morgan fingerprint density at radius 1 is 1.19 bits per heavy atom. The summed E-state index contributed by atoms with van der Waals surface area (Å²) in [5.41, 5.74) is 2.09. The summed E-state index contributed by atoms with van der Waals surface area (Å²) in [4.78, 5) is 23.4. The molecule has 0 saturated carbocycles. The fourth-order valence-corrected chi connectivity index (χ4v) is 2.45. The molecule has 0 aliphatic carbocycles. The van der Waals surface area contributed by atoms with E-state index in [9.17, 15) is 9.59 Å². The summed E-state index contributed by atoms with van der Waals surface area (Å²) >= 11 is 0. The number of fused-ring (bicyclic) bond motifs is 2. The summed E-state index contributed by atoms with van der Waals surface area (Å²) in [7, 11) is 0. The van der Waals surface area contributed by atoms with Crippen molar-refractivity contribution in [2.45, 2.75) is 13.3 Å². The predicted octanol–water partition coefficient (Wildman–Crippen LogP) is -0.114. The van der Waals surface area contributed by atoms with Gasteiger partial charge in [-0.2, -0.15) is 0 Å². The number of aryl methyl sites for hydroxylation is 1. The Balaban J connectivity index is 0.00000161. The summed E-state index contributed by atoms with van der Waals surface area (Å²) in [5.74, 6) is -0.954. The first-order valence-corrected chi connectivity index (χ1v) is 6.24. The summed E-state index contributed by atoms with van der Waals surface area (Å²) in [5, 5.41) is 9.90. The maximum atomic E-state index is 12.5. The van der Waals surface area contributed by atoms with E-state index in [1.54, 1.807) is 24.3 Å². The number of hydrogen-bond donors (Lipinski definition) is 1. The van der Waals surface area contributed by atoms with Crippen LogP contribution < -0.4 is 35.0 Å². The molecule has 0 spiro atoms. The van der Waals surface area contributed by atoms with Gasteiger partial charge in [0.05, 0.1) is 17.2 Å². The van der Waals surface area contributed by atoms with Crippen molar-refractivity contribution in [1.82, 2.24) is 0 Å². The van der Waals surface area contributed by atoms with Crippen LogP contribution in [0.2, 0.25) is 0 Å². The van der Waals surface area contributed by atoms with Crippen molar-refractivity contribution in [1.29, 1.82) is 0 Å². The third-order valence-corrected chi connectivity index (χ3v) is 3.36. The van der Waals surface area contributed by atoms with Gasteiger partial charge < -0.3 is 9.52 Å². The van der Waals surface area contributed by atoms with Crippen LogP contribution in [0.1, 0.15) is 11.1 Å². The van der Waals surface area contributed by atoms with Gasteiger partial charge in [0.15, 0.2) is 0 Å². The van der Waals surface area contributed by atoms with E-state index in [4.69, 9.17) is 9.52 Å². The van der Waals surface area contributed by atoms with Gasteiger partial charge in [-0.1, -0.05) is 24.3 Å². The Kier molecular flexibility index (Phi) is 4.52. The predicted molar refractivity (Wildman–Crippen MR) is 76.1 cm³/mol. The number of carbonyl (C=O) groups is 1. The van der Waals surface area contributed by atoms with Gasteiger partial charge in [0.2, 0.25) is 5.43 Å². The van der Waals surface area contributed by atoms with Crippen molar-refractivity contribution in [3.63, 3.8) is 0 Å². The standard InChI is InChI=1S/C16H12O4.Na/c1-9-4-2-7-12-14(9)15(19)11-6-3-5-10(8-13(17)18)16(11)20-12;/h2-7H,8H2,1H3,(H,17,18);/q;+1. The molecule has 3 aromatic rings. The van der Waals surface area contributed by atoms with Crippen molar-refractivity contribution in [3.05, 3.63) is 57.7 Å². The van der Waals surface area contributed by atoms with Gasteiger partial charge >= 0.3 is 35.5 Å². The molecule has 5 heteroatoms. The minimum absolute atomic E-state index is 0. The average molecular weight is 291 g/mol. The molecular formula is C16H12NaO4+. The van der Waals surface area contributed by atoms with Crippen LogP contribution in [0.15, 0.2) is 45.6 Å². The molecule has 1 N–H and O–H groups in total. The van der Waals surface area contributed by atoms with Gasteiger partial charge in [0, 0.05) is 5.56 Å². The molecule has 0 saturated heterocycles. The maximum Gasteiger partial charge on any atom is 1.00 e. The van der Waals surface area contributed by atoms with Gasteiger partial charge in [0.25, 0.3) is 0 Å². The first kappa shape index (κ1) is 15.8. The van der Waals surface area contributed by atoms with Gasteiger partial charge in [-0.15, -0.1) is 0 Å². The Morgan fingerprint density at radius 2 is 1.90 bits per heavy atom. The van der Waals surface area contributed by atoms with Gasteiger partial charge in [0.1, 0.15) is 11.2 Å². The molecule has 100 valence electrons. The van der Waals surface area contributed by atoms with E-state index in [0.29, 0.717) is 27.5 Å². The zero-order valence-electron chi connectivity index (χ0n) is 11.8. The molecule has 1 aromatic heterocycles. The normalized spacial score (nSPS) is 10.5. The molecule has 0 aliphatic heterocycles. The smallest absolute Gasteiger partial charge is 0.481 e. The number of rotatable bonds is 2. The van der Waals surface area contributed by atoms with Crippen LogP contribution in [-0.4, -0.2) is 11.1 Å². The molecule has 4 nitrogen and oxygen atoms in total. The van der Waals surface area contributed by atoms with Gasteiger partial charge in [-0.3, -0.25) is 9.59 Å². The molecular weight excluding hydrogens is 279 g/mol. The van der Waals surface area contributed by atoms with E-state index in [2.05, 4.69) is 0 Å². The second kappa shape index (κ2) is 6.02. The van der Waals surface area contributed by atoms with Crippen LogP contribution in [0.3, 0.4) is 0 Å². The third-order valence-electron chi connectivity index (χ3n) is 3.36. The van der Waals surface area contributed by atoms with E-state index in [-0.39, 0.29) is 41.4 Å². The van der Waals surface area contributed by atoms with Crippen LogP contribution in [0, 0.1) is 6.92 Å². The fraction of sp³-hybridized carbons (Fsp3) is 0.125. The number of hydrogen-bond acceptors (Lipinski definition) is 3. The molecule has 0 bridgehead atoms. The molecule has 0 unspecified atom stereocenters. The number of carboxylic acids is 1. The molecule has 0 fully saturated rings. The van der Waals surface area contributed by atoms with E-state index >= 15 is 0 Å². The number of benzene rings is 2. The van der Waals surface area contributed by atoms with E-state index < -0.39 is 5.97 Å². The molecule has 2 aromatic carbocycles. The molecule has 0 aliphatic rings. The van der Waals surface area contributed by atoms with Crippen LogP contribution in [0.5, 0.6) is 0 Å². The van der Waals surface area contributed by atoms with E-state index in [1.807, 2.05) is 19.1 Å². The summed E-state index contributed by atoms with van der Waals surface area (Å²) < 4.78 is 5.78. The minimum Gasteiger partial charge on any atom is -0.481 e. The third kappa shape index (κ3) is 2.75. The zero-order chi connectivity index (χ0) is 14.3. The van der Waals surface area contributed by atoms with Crippen molar-refractivity contribution in [2.24, 2.45) is 0 Å². The molecule has 0 amide bonds. The van der Waals surface area contributed by atoms with Crippen molar-refractivity contribution in [3.8, 4) is 0 Å². The topological polar surface area (TPSA) is 67.5 Å². The summed E-state index contributed by atoms with van der Waals surface area (Å²) in [6, 6.07) is 10.4. The van der Waals surface area contributed by atoms with Gasteiger partial charge in [-0.05, 0) is 24.6 Å². The zero-order valence-corrected chi connectivity index (χ0v) is 13.8. The Morgan fingerprint density at radius 3 is 2.62 bits per heavy atom. The number of para-hydroxylation sites is 1. The van der Waals surface area contributed by atoms with Crippen molar-refractivity contribution in [2.75, 3.05) is 0 Å². The van der Waals surface area contributed by atoms with E-state index in [0.717, 1.165) is 5.56 Å². The second-order valence-corrected chi connectivity index (χ2v) is 4.74. The Hall–Kier alpha value is -1.62. The molecule has 0 radical (unpaired) electrons. The van der Waals surface area contributed by atoms with Gasteiger partial charge in [-0.25, -0.2) is 0 Å². The Bertz CT molecular complexity index is 896. The average Bonchev–Trinajstić information content (AvgIpc) is 2.39.